The second kappa shape index (κ2) is 5.17. The molecule has 0 aromatic heterocycles. The molecule has 1 unspecified atom stereocenters. The minimum atomic E-state index is -0.672. The van der Waals surface area contributed by atoms with Gasteiger partial charge in [0.25, 0.3) is 0 Å². The summed E-state index contributed by atoms with van der Waals surface area (Å²) in [5, 5.41) is 9.06. The Morgan fingerprint density at radius 1 is 1.44 bits per heavy atom. The van der Waals surface area contributed by atoms with Gasteiger partial charge in [0.05, 0.1) is 12.0 Å². The van der Waals surface area contributed by atoms with Gasteiger partial charge in [-0.05, 0) is 38.5 Å². The van der Waals surface area contributed by atoms with Gasteiger partial charge in [-0.25, -0.2) is 0 Å². The van der Waals surface area contributed by atoms with Crippen LogP contribution in [0, 0.1) is 5.41 Å². The maximum absolute atomic E-state index is 11.0. The van der Waals surface area contributed by atoms with Crippen LogP contribution < -0.4 is 0 Å². The zero-order valence-corrected chi connectivity index (χ0v) is 10.7. The van der Waals surface area contributed by atoms with E-state index in [1.807, 2.05) is 0 Å². The normalized spacial score (nSPS) is 28.9. The Bertz CT molecular complexity index is 248. The first-order chi connectivity index (χ1) is 7.39. The molecule has 0 radical (unpaired) electrons. The lowest BCUT2D eigenvalue weighted by Crippen LogP contribution is -2.42. The van der Waals surface area contributed by atoms with E-state index in [9.17, 15) is 4.79 Å². The number of unbranched alkanes of at least 4 members (excludes halogenated alkanes) is 1. The van der Waals surface area contributed by atoms with Crippen LogP contribution in [-0.4, -0.2) is 23.3 Å². The van der Waals surface area contributed by atoms with Crippen molar-refractivity contribution >= 4 is 5.97 Å². The molecule has 1 saturated heterocycles. The molecule has 94 valence electrons. The largest absolute Gasteiger partial charge is 0.481 e. The summed E-state index contributed by atoms with van der Waals surface area (Å²) in [7, 11) is 0. The third kappa shape index (κ3) is 3.78. The number of hydrogen-bond acceptors (Lipinski definition) is 2. The molecule has 0 aromatic carbocycles. The molecule has 0 bridgehead atoms. The van der Waals surface area contributed by atoms with Gasteiger partial charge >= 0.3 is 5.97 Å². The van der Waals surface area contributed by atoms with E-state index in [1.165, 1.54) is 0 Å². The maximum atomic E-state index is 11.0. The van der Waals surface area contributed by atoms with Crippen molar-refractivity contribution in [2.75, 3.05) is 6.61 Å². The first-order valence-corrected chi connectivity index (χ1v) is 6.25. The average molecular weight is 228 g/mol. The SMILES string of the molecule is CCCCC1(CC(=O)O)CCOC(C)(C)C1. The van der Waals surface area contributed by atoms with Gasteiger partial charge in [0.1, 0.15) is 0 Å². The van der Waals surface area contributed by atoms with E-state index in [2.05, 4.69) is 20.8 Å². The molecular formula is C13H24O3. The summed E-state index contributed by atoms with van der Waals surface area (Å²) >= 11 is 0. The molecule has 1 fully saturated rings. The molecule has 0 saturated carbocycles. The molecule has 3 nitrogen and oxygen atoms in total. The number of carbonyl (C=O) groups is 1. The van der Waals surface area contributed by atoms with Crippen LogP contribution in [0.25, 0.3) is 0 Å². The van der Waals surface area contributed by atoms with Gasteiger partial charge in [-0.3, -0.25) is 4.79 Å². The number of carboxylic acids is 1. The summed E-state index contributed by atoms with van der Waals surface area (Å²) in [6, 6.07) is 0. The van der Waals surface area contributed by atoms with Crippen LogP contribution >= 0.6 is 0 Å². The Morgan fingerprint density at radius 3 is 2.62 bits per heavy atom. The van der Waals surface area contributed by atoms with Gasteiger partial charge in [-0.2, -0.15) is 0 Å². The van der Waals surface area contributed by atoms with Crippen molar-refractivity contribution in [3.8, 4) is 0 Å². The van der Waals surface area contributed by atoms with Crippen LogP contribution in [0.15, 0.2) is 0 Å². The van der Waals surface area contributed by atoms with E-state index in [0.29, 0.717) is 13.0 Å². The van der Waals surface area contributed by atoms with Crippen molar-refractivity contribution in [3.05, 3.63) is 0 Å². The highest BCUT2D eigenvalue weighted by molar-refractivity contribution is 5.67. The first-order valence-electron chi connectivity index (χ1n) is 6.25. The standard InChI is InChI=1S/C13H24O3/c1-4-5-6-13(9-11(14)15)7-8-16-12(2,3)10-13/h4-10H2,1-3H3,(H,14,15). The molecule has 1 aliphatic rings. The van der Waals surface area contributed by atoms with E-state index in [1.54, 1.807) is 0 Å². The lowest BCUT2D eigenvalue weighted by atomic mass is 9.69. The Balaban J connectivity index is 2.72. The Morgan fingerprint density at radius 2 is 2.12 bits per heavy atom. The number of ether oxygens (including phenoxy) is 1. The molecule has 0 aromatic rings. The number of aliphatic carboxylic acids is 1. The van der Waals surface area contributed by atoms with E-state index in [-0.39, 0.29) is 11.0 Å². The monoisotopic (exact) mass is 228 g/mol. The Hall–Kier alpha value is -0.570. The van der Waals surface area contributed by atoms with Gasteiger partial charge in [0, 0.05) is 6.61 Å². The third-order valence-electron chi connectivity index (χ3n) is 3.51. The summed E-state index contributed by atoms with van der Waals surface area (Å²) in [5.74, 6) is -0.672. The van der Waals surface area contributed by atoms with E-state index in [0.717, 1.165) is 32.1 Å². The molecule has 0 spiro atoms. The summed E-state index contributed by atoms with van der Waals surface area (Å²) in [4.78, 5) is 11.0. The minimum absolute atomic E-state index is 0.0381. The Kier molecular flexibility index (Phi) is 4.36. The van der Waals surface area contributed by atoms with Crippen molar-refractivity contribution in [1.29, 1.82) is 0 Å². The van der Waals surface area contributed by atoms with Crippen molar-refractivity contribution in [2.45, 2.75) is 64.9 Å². The molecule has 1 aliphatic heterocycles. The van der Waals surface area contributed by atoms with Gasteiger partial charge < -0.3 is 9.84 Å². The second-order valence-corrected chi connectivity index (χ2v) is 5.71. The molecule has 1 rings (SSSR count). The molecule has 0 amide bonds. The molecule has 1 atom stereocenters. The number of hydrogen-bond donors (Lipinski definition) is 1. The minimum Gasteiger partial charge on any atom is -0.481 e. The van der Waals surface area contributed by atoms with Crippen LogP contribution in [0.2, 0.25) is 0 Å². The smallest absolute Gasteiger partial charge is 0.303 e. The molecule has 3 heteroatoms. The molecule has 16 heavy (non-hydrogen) atoms. The van der Waals surface area contributed by atoms with E-state index < -0.39 is 5.97 Å². The quantitative estimate of drug-likeness (QED) is 0.785. The number of carboxylic acid groups (broad SMARTS) is 1. The third-order valence-corrected chi connectivity index (χ3v) is 3.51. The highest BCUT2D eigenvalue weighted by Gasteiger charge is 2.41. The summed E-state index contributed by atoms with van der Waals surface area (Å²) in [6.45, 7) is 6.98. The highest BCUT2D eigenvalue weighted by Crippen LogP contribution is 2.45. The zero-order valence-electron chi connectivity index (χ0n) is 10.7. The average Bonchev–Trinajstić information content (AvgIpc) is 2.12. The molecule has 1 heterocycles. The fraction of sp³-hybridized carbons (Fsp3) is 0.923. The van der Waals surface area contributed by atoms with Crippen LogP contribution in [0.1, 0.15) is 59.3 Å². The lowest BCUT2D eigenvalue weighted by Gasteiger charge is -2.44. The summed E-state index contributed by atoms with van der Waals surface area (Å²) < 4.78 is 5.69. The highest BCUT2D eigenvalue weighted by atomic mass is 16.5. The summed E-state index contributed by atoms with van der Waals surface area (Å²) in [5.41, 5.74) is -0.203. The van der Waals surface area contributed by atoms with Crippen LogP contribution in [-0.2, 0) is 9.53 Å². The fourth-order valence-corrected chi connectivity index (χ4v) is 2.91. The second-order valence-electron chi connectivity index (χ2n) is 5.71. The van der Waals surface area contributed by atoms with E-state index >= 15 is 0 Å². The zero-order chi connectivity index (χ0) is 12.2. The van der Waals surface area contributed by atoms with Crippen LogP contribution in [0.3, 0.4) is 0 Å². The summed E-state index contributed by atoms with van der Waals surface area (Å²) in [6.07, 6.45) is 5.31. The predicted molar refractivity (Wildman–Crippen MR) is 63.5 cm³/mol. The topological polar surface area (TPSA) is 46.5 Å². The molecular weight excluding hydrogens is 204 g/mol. The van der Waals surface area contributed by atoms with E-state index in [4.69, 9.17) is 9.84 Å². The predicted octanol–water partition coefficient (Wildman–Crippen LogP) is 3.23. The van der Waals surface area contributed by atoms with Crippen molar-refractivity contribution < 1.29 is 14.6 Å². The molecule has 1 N–H and O–H groups in total. The van der Waals surface area contributed by atoms with Crippen molar-refractivity contribution in [1.82, 2.24) is 0 Å². The fourth-order valence-electron chi connectivity index (χ4n) is 2.91. The van der Waals surface area contributed by atoms with Crippen molar-refractivity contribution in [3.63, 3.8) is 0 Å². The van der Waals surface area contributed by atoms with Gasteiger partial charge in [0.15, 0.2) is 0 Å². The maximum Gasteiger partial charge on any atom is 0.303 e. The van der Waals surface area contributed by atoms with Gasteiger partial charge in [0.2, 0.25) is 0 Å². The van der Waals surface area contributed by atoms with Crippen LogP contribution in [0.4, 0.5) is 0 Å². The van der Waals surface area contributed by atoms with Crippen molar-refractivity contribution in [2.24, 2.45) is 5.41 Å². The van der Waals surface area contributed by atoms with Crippen LogP contribution in [0.5, 0.6) is 0 Å². The lowest BCUT2D eigenvalue weighted by molar-refractivity contribution is -0.148. The molecule has 0 aliphatic carbocycles. The van der Waals surface area contributed by atoms with Gasteiger partial charge in [-0.1, -0.05) is 19.8 Å². The van der Waals surface area contributed by atoms with Gasteiger partial charge in [-0.15, -0.1) is 0 Å². The number of rotatable bonds is 5. The Labute approximate surface area is 98.2 Å². The first kappa shape index (κ1) is 13.5.